The Hall–Kier alpha value is -3.02. The summed E-state index contributed by atoms with van der Waals surface area (Å²) in [4.78, 5) is 28.3. The highest BCUT2D eigenvalue weighted by Crippen LogP contribution is 2.22. The molecule has 1 saturated heterocycles. The van der Waals surface area contributed by atoms with Crippen LogP contribution in [-0.2, 0) is 11.2 Å². The van der Waals surface area contributed by atoms with E-state index in [-0.39, 0.29) is 12.0 Å². The molecule has 1 N–H and O–H groups in total. The van der Waals surface area contributed by atoms with Crippen molar-refractivity contribution in [1.82, 2.24) is 10.2 Å². The van der Waals surface area contributed by atoms with Crippen LogP contribution in [0.4, 0.5) is 10.5 Å². The highest BCUT2D eigenvalue weighted by molar-refractivity contribution is 5.95. The fourth-order valence-corrected chi connectivity index (χ4v) is 3.25. The molecule has 1 fully saturated rings. The van der Waals surface area contributed by atoms with Gasteiger partial charge in [-0.05, 0) is 24.1 Å². The lowest BCUT2D eigenvalue weighted by Crippen LogP contribution is -2.52. The number of rotatable bonds is 5. The van der Waals surface area contributed by atoms with Crippen LogP contribution in [0.2, 0.25) is 0 Å². The number of piperazine rings is 1. The molecule has 1 aliphatic heterocycles. The SMILES string of the molecule is COC(=O)c1ccccc1N1CCN(C(=O)NCCc2ccccc2)CC1. The number of para-hydroxylation sites is 1. The first kappa shape index (κ1) is 18.8. The molecule has 0 aliphatic carbocycles. The van der Waals surface area contributed by atoms with Crippen molar-refractivity contribution in [1.29, 1.82) is 0 Å². The molecular formula is C21H25N3O3. The molecule has 0 saturated carbocycles. The number of nitrogens with zero attached hydrogens (tertiary/aromatic N) is 2. The molecule has 0 radical (unpaired) electrons. The molecule has 0 atom stereocenters. The van der Waals surface area contributed by atoms with Crippen LogP contribution < -0.4 is 10.2 Å². The second-order valence-corrected chi connectivity index (χ2v) is 6.45. The van der Waals surface area contributed by atoms with Crippen molar-refractivity contribution in [2.75, 3.05) is 44.7 Å². The van der Waals surface area contributed by atoms with E-state index in [1.165, 1.54) is 12.7 Å². The minimum atomic E-state index is -0.341. The van der Waals surface area contributed by atoms with Gasteiger partial charge in [-0.25, -0.2) is 9.59 Å². The minimum absolute atomic E-state index is 0.0353. The van der Waals surface area contributed by atoms with E-state index < -0.39 is 0 Å². The maximum Gasteiger partial charge on any atom is 0.339 e. The van der Waals surface area contributed by atoms with Crippen LogP contribution in [0.15, 0.2) is 54.6 Å². The molecule has 2 aromatic rings. The zero-order valence-electron chi connectivity index (χ0n) is 15.6. The summed E-state index contributed by atoms with van der Waals surface area (Å²) in [5.41, 5.74) is 2.62. The fourth-order valence-electron chi connectivity index (χ4n) is 3.25. The van der Waals surface area contributed by atoms with Crippen molar-refractivity contribution in [3.63, 3.8) is 0 Å². The van der Waals surface area contributed by atoms with Gasteiger partial charge in [0.05, 0.1) is 18.4 Å². The number of ether oxygens (including phenoxy) is 1. The first-order valence-electron chi connectivity index (χ1n) is 9.18. The molecule has 0 spiro atoms. The van der Waals surface area contributed by atoms with Gasteiger partial charge < -0.3 is 19.9 Å². The molecule has 6 heteroatoms. The van der Waals surface area contributed by atoms with Crippen molar-refractivity contribution in [2.24, 2.45) is 0 Å². The summed E-state index contributed by atoms with van der Waals surface area (Å²) in [6.07, 6.45) is 0.819. The number of hydrogen-bond donors (Lipinski definition) is 1. The predicted molar refractivity (Wildman–Crippen MR) is 105 cm³/mol. The Morgan fingerprint density at radius 3 is 2.33 bits per heavy atom. The summed E-state index contributed by atoms with van der Waals surface area (Å²) in [5.74, 6) is -0.341. The quantitative estimate of drug-likeness (QED) is 0.825. The largest absolute Gasteiger partial charge is 0.465 e. The summed E-state index contributed by atoms with van der Waals surface area (Å²) in [6.45, 7) is 3.22. The lowest BCUT2D eigenvalue weighted by Gasteiger charge is -2.36. The number of methoxy groups -OCH3 is 1. The molecule has 6 nitrogen and oxygen atoms in total. The van der Waals surface area contributed by atoms with E-state index in [0.717, 1.165) is 12.1 Å². The van der Waals surface area contributed by atoms with Crippen LogP contribution in [0.3, 0.4) is 0 Å². The molecule has 0 aromatic heterocycles. The standard InChI is InChI=1S/C21H25N3O3/c1-27-20(25)18-9-5-6-10-19(18)23-13-15-24(16-14-23)21(26)22-12-11-17-7-3-2-4-8-17/h2-10H,11-16H2,1H3,(H,22,26). The van der Waals surface area contributed by atoms with Gasteiger partial charge in [-0.3, -0.25) is 0 Å². The summed E-state index contributed by atoms with van der Waals surface area (Å²) in [7, 11) is 1.39. The van der Waals surface area contributed by atoms with E-state index in [1.807, 2.05) is 41.3 Å². The van der Waals surface area contributed by atoms with Crippen LogP contribution in [0.25, 0.3) is 0 Å². The van der Waals surface area contributed by atoms with Gasteiger partial charge in [0.15, 0.2) is 0 Å². The zero-order chi connectivity index (χ0) is 19.1. The number of benzene rings is 2. The Kier molecular flexibility index (Phi) is 6.30. The van der Waals surface area contributed by atoms with E-state index in [0.29, 0.717) is 38.3 Å². The van der Waals surface area contributed by atoms with Crippen LogP contribution in [0, 0.1) is 0 Å². The number of carbonyl (C=O) groups excluding carboxylic acids is 2. The normalized spacial score (nSPS) is 14.0. The molecule has 3 rings (SSSR count). The predicted octanol–water partition coefficient (Wildman–Crippen LogP) is 2.55. The maximum absolute atomic E-state index is 12.4. The number of nitrogens with one attached hydrogen (secondary N) is 1. The Morgan fingerprint density at radius 2 is 1.63 bits per heavy atom. The van der Waals surface area contributed by atoms with Crippen molar-refractivity contribution in [2.45, 2.75) is 6.42 Å². The van der Waals surface area contributed by atoms with Gasteiger partial charge in [-0.1, -0.05) is 42.5 Å². The van der Waals surface area contributed by atoms with E-state index in [2.05, 4.69) is 22.3 Å². The van der Waals surface area contributed by atoms with Crippen molar-refractivity contribution < 1.29 is 14.3 Å². The van der Waals surface area contributed by atoms with Gasteiger partial charge in [0.2, 0.25) is 0 Å². The smallest absolute Gasteiger partial charge is 0.339 e. The average Bonchev–Trinajstić information content (AvgIpc) is 2.74. The number of urea groups is 1. The Morgan fingerprint density at radius 1 is 0.963 bits per heavy atom. The molecule has 2 aromatic carbocycles. The number of esters is 1. The van der Waals surface area contributed by atoms with Gasteiger partial charge in [0, 0.05) is 32.7 Å². The highest BCUT2D eigenvalue weighted by Gasteiger charge is 2.24. The second kappa shape index (κ2) is 9.07. The molecule has 27 heavy (non-hydrogen) atoms. The van der Waals surface area contributed by atoms with Crippen LogP contribution in [0.1, 0.15) is 15.9 Å². The van der Waals surface area contributed by atoms with Gasteiger partial charge in [0.1, 0.15) is 0 Å². The third kappa shape index (κ3) is 4.78. The molecule has 1 heterocycles. The number of anilines is 1. The number of amides is 2. The lowest BCUT2D eigenvalue weighted by atomic mass is 10.1. The number of hydrogen-bond acceptors (Lipinski definition) is 4. The summed E-state index contributed by atoms with van der Waals surface area (Å²) >= 11 is 0. The summed E-state index contributed by atoms with van der Waals surface area (Å²) in [6, 6.07) is 17.5. The van der Waals surface area contributed by atoms with Crippen LogP contribution in [0.5, 0.6) is 0 Å². The first-order chi connectivity index (χ1) is 13.2. The minimum Gasteiger partial charge on any atom is -0.465 e. The van der Waals surface area contributed by atoms with Crippen molar-refractivity contribution >= 4 is 17.7 Å². The van der Waals surface area contributed by atoms with Crippen molar-refractivity contribution in [3.05, 3.63) is 65.7 Å². The Labute approximate surface area is 159 Å². The molecular weight excluding hydrogens is 342 g/mol. The fraction of sp³-hybridized carbons (Fsp3) is 0.333. The van der Waals surface area contributed by atoms with Crippen LogP contribution in [-0.4, -0.2) is 56.7 Å². The molecule has 1 aliphatic rings. The van der Waals surface area contributed by atoms with E-state index >= 15 is 0 Å². The topological polar surface area (TPSA) is 61.9 Å². The summed E-state index contributed by atoms with van der Waals surface area (Å²) < 4.78 is 4.87. The Bertz CT molecular complexity index is 771. The van der Waals surface area contributed by atoms with Gasteiger partial charge in [-0.15, -0.1) is 0 Å². The van der Waals surface area contributed by atoms with Crippen molar-refractivity contribution in [3.8, 4) is 0 Å². The van der Waals surface area contributed by atoms with E-state index in [9.17, 15) is 9.59 Å². The maximum atomic E-state index is 12.4. The number of carbonyl (C=O) groups is 2. The van der Waals surface area contributed by atoms with Gasteiger partial charge in [-0.2, -0.15) is 0 Å². The lowest BCUT2D eigenvalue weighted by molar-refractivity contribution is 0.0601. The third-order valence-electron chi connectivity index (χ3n) is 4.75. The monoisotopic (exact) mass is 367 g/mol. The third-order valence-corrected chi connectivity index (χ3v) is 4.75. The summed E-state index contributed by atoms with van der Waals surface area (Å²) in [5, 5.41) is 2.99. The van der Waals surface area contributed by atoms with Gasteiger partial charge >= 0.3 is 12.0 Å². The highest BCUT2D eigenvalue weighted by atomic mass is 16.5. The average molecular weight is 367 g/mol. The molecule has 2 amide bonds. The molecule has 0 bridgehead atoms. The molecule has 0 unspecified atom stereocenters. The van der Waals surface area contributed by atoms with E-state index in [1.54, 1.807) is 6.07 Å². The Balaban J connectivity index is 1.50. The van der Waals surface area contributed by atoms with E-state index in [4.69, 9.17) is 4.74 Å². The first-order valence-corrected chi connectivity index (χ1v) is 9.18. The molecule has 142 valence electrons. The second-order valence-electron chi connectivity index (χ2n) is 6.45. The van der Waals surface area contributed by atoms with Crippen LogP contribution >= 0.6 is 0 Å². The van der Waals surface area contributed by atoms with Gasteiger partial charge in [0.25, 0.3) is 0 Å². The zero-order valence-corrected chi connectivity index (χ0v) is 15.6.